The third kappa shape index (κ3) is 2.47. The van der Waals surface area contributed by atoms with Crippen molar-refractivity contribution in [2.24, 2.45) is 0 Å². The molecule has 0 fully saturated rings. The van der Waals surface area contributed by atoms with E-state index in [-0.39, 0.29) is 20.0 Å². The zero-order valence-corrected chi connectivity index (χ0v) is 9.92. The van der Waals surface area contributed by atoms with Gasteiger partial charge in [0.2, 0.25) is 0 Å². The molecule has 0 heterocycles. The minimum absolute atomic E-state index is 0.0122. The van der Waals surface area contributed by atoms with Crippen molar-refractivity contribution in [1.82, 2.24) is 4.90 Å². The number of benzene rings is 1. The molecule has 0 aliphatic rings. The molecule has 0 spiro atoms. The predicted octanol–water partition coefficient (Wildman–Crippen LogP) is 0.872. The summed E-state index contributed by atoms with van der Waals surface area (Å²) in [6, 6.07) is 7.44. The normalized spacial score (nSPS) is 9.77. The molecule has 70 valence electrons. The quantitative estimate of drug-likeness (QED) is 0.725. The molecule has 4 heteroatoms. The van der Waals surface area contributed by atoms with Gasteiger partial charge in [0, 0.05) is 0 Å². The summed E-state index contributed by atoms with van der Waals surface area (Å²) in [6.45, 7) is 0. The van der Waals surface area contributed by atoms with Gasteiger partial charge in [0.1, 0.15) is 0 Å². The molecule has 0 aliphatic heterocycles. The second kappa shape index (κ2) is 4.66. The number of carbonyl (C=O) groups is 1. The molecule has 1 amide bonds. The maximum absolute atomic E-state index is 11.6. The van der Waals surface area contributed by atoms with Crippen molar-refractivity contribution in [3.05, 3.63) is 29.8 Å². The molecule has 0 aromatic heterocycles. The van der Waals surface area contributed by atoms with Gasteiger partial charge in [-0.3, -0.25) is 0 Å². The van der Waals surface area contributed by atoms with Crippen LogP contribution in [-0.2, 0) is 0 Å². The van der Waals surface area contributed by atoms with Crippen LogP contribution in [0.4, 0.5) is 0 Å². The summed E-state index contributed by atoms with van der Waals surface area (Å²) in [6.07, 6.45) is 0. The molecule has 0 bridgehead atoms. The molecule has 0 radical (unpaired) electrons. The van der Waals surface area contributed by atoms with Crippen LogP contribution in [0.2, 0.25) is 0 Å². The fraction of sp³-hybridized carbons (Fsp3) is 0.222. The van der Waals surface area contributed by atoms with E-state index in [9.17, 15) is 4.79 Å². The Hall–Kier alpha value is -0.501. The van der Waals surface area contributed by atoms with Crippen molar-refractivity contribution in [3.63, 3.8) is 0 Å². The van der Waals surface area contributed by atoms with Crippen molar-refractivity contribution < 1.29 is 4.79 Å². The van der Waals surface area contributed by atoms with Crippen LogP contribution in [0.3, 0.4) is 0 Å². The van der Waals surface area contributed by atoms with Crippen molar-refractivity contribution in [3.8, 4) is 0 Å². The first-order valence-electron chi connectivity index (χ1n) is 3.76. The van der Waals surface area contributed by atoms with Gasteiger partial charge < -0.3 is 0 Å². The van der Waals surface area contributed by atoms with Crippen molar-refractivity contribution in [2.75, 3.05) is 14.1 Å². The molecule has 0 unspecified atom stereocenters. The molecule has 0 aliphatic carbocycles. The molecule has 0 N–H and O–H groups in total. The van der Waals surface area contributed by atoms with Gasteiger partial charge in [0.05, 0.1) is 0 Å². The van der Waals surface area contributed by atoms with Gasteiger partial charge in [-0.25, -0.2) is 0 Å². The van der Waals surface area contributed by atoms with Crippen LogP contribution in [-0.4, -0.2) is 38.9 Å². The SMILES string of the molecule is CN(C)C(=O)c1ccccc1[Se]Cl. The zero-order chi connectivity index (χ0) is 9.84. The number of rotatable bonds is 2. The van der Waals surface area contributed by atoms with Crippen LogP contribution in [0, 0.1) is 0 Å². The predicted molar refractivity (Wildman–Crippen MR) is 55.7 cm³/mol. The maximum atomic E-state index is 11.6. The van der Waals surface area contributed by atoms with E-state index in [0.717, 1.165) is 4.46 Å². The molecule has 2 nitrogen and oxygen atoms in total. The summed E-state index contributed by atoms with van der Waals surface area (Å²) < 4.78 is 0.940. The molecule has 1 rings (SSSR count). The Morgan fingerprint density at radius 1 is 1.38 bits per heavy atom. The molecular weight excluding hydrogens is 253 g/mol. The van der Waals surface area contributed by atoms with Gasteiger partial charge in [-0.1, -0.05) is 0 Å². The minimum atomic E-state index is -0.151. The third-order valence-electron chi connectivity index (χ3n) is 1.61. The number of halogens is 1. The summed E-state index contributed by atoms with van der Waals surface area (Å²) in [5.74, 6) is 0.0122. The molecule has 0 saturated heterocycles. The zero-order valence-electron chi connectivity index (χ0n) is 7.45. The van der Waals surface area contributed by atoms with E-state index in [4.69, 9.17) is 10.1 Å². The van der Waals surface area contributed by atoms with Crippen LogP contribution in [0.25, 0.3) is 0 Å². The number of nitrogens with zero attached hydrogens (tertiary/aromatic N) is 1. The summed E-state index contributed by atoms with van der Waals surface area (Å²) in [5, 5.41) is 0. The van der Waals surface area contributed by atoms with Crippen LogP contribution < -0.4 is 4.46 Å². The fourth-order valence-electron chi connectivity index (χ4n) is 0.952. The van der Waals surface area contributed by atoms with E-state index >= 15 is 0 Å². The first-order chi connectivity index (χ1) is 6.16. The van der Waals surface area contributed by atoms with Gasteiger partial charge >= 0.3 is 88.1 Å². The van der Waals surface area contributed by atoms with Gasteiger partial charge in [-0.15, -0.1) is 0 Å². The van der Waals surface area contributed by atoms with E-state index in [0.29, 0.717) is 5.56 Å². The summed E-state index contributed by atoms with van der Waals surface area (Å²) in [5.41, 5.74) is 0.711. The third-order valence-corrected chi connectivity index (χ3v) is 3.57. The molecule has 0 saturated carbocycles. The topological polar surface area (TPSA) is 20.3 Å². The summed E-state index contributed by atoms with van der Waals surface area (Å²) >= 11 is -0.151. The molecule has 1 aromatic carbocycles. The molecule has 1 aromatic rings. The van der Waals surface area contributed by atoms with Crippen molar-refractivity contribution in [1.29, 1.82) is 0 Å². The molecule has 13 heavy (non-hydrogen) atoms. The number of hydrogen-bond donors (Lipinski definition) is 0. The van der Waals surface area contributed by atoms with Gasteiger partial charge in [-0.2, -0.15) is 0 Å². The number of hydrogen-bond acceptors (Lipinski definition) is 1. The van der Waals surface area contributed by atoms with E-state index < -0.39 is 0 Å². The average Bonchev–Trinajstić information content (AvgIpc) is 2.16. The van der Waals surface area contributed by atoms with Crippen LogP contribution in [0.5, 0.6) is 0 Å². The molecular formula is C9H10ClNOSe. The van der Waals surface area contributed by atoms with Gasteiger partial charge in [0.15, 0.2) is 0 Å². The Morgan fingerprint density at radius 3 is 2.54 bits per heavy atom. The van der Waals surface area contributed by atoms with Gasteiger partial charge in [0.25, 0.3) is 0 Å². The Labute approximate surface area is 88.3 Å². The van der Waals surface area contributed by atoms with E-state index in [2.05, 4.69) is 0 Å². The Balaban J connectivity index is 3.06. The Bertz CT molecular complexity index is 314. The Kier molecular flexibility index (Phi) is 3.79. The van der Waals surface area contributed by atoms with E-state index in [1.807, 2.05) is 24.3 Å². The van der Waals surface area contributed by atoms with Gasteiger partial charge in [-0.05, 0) is 0 Å². The summed E-state index contributed by atoms with van der Waals surface area (Å²) in [4.78, 5) is 13.2. The van der Waals surface area contributed by atoms with Crippen LogP contribution in [0.1, 0.15) is 10.4 Å². The summed E-state index contributed by atoms with van der Waals surface area (Å²) in [7, 11) is 9.25. The van der Waals surface area contributed by atoms with Crippen molar-refractivity contribution in [2.45, 2.75) is 0 Å². The van der Waals surface area contributed by atoms with Crippen LogP contribution in [0.15, 0.2) is 24.3 Å². The van der Waals surface area contributed by atoms with Crippen LogP contribution >= 0.6 is 10.1 Å². The standard InChI is InChI=1S/C9H10ClNOSe/c1-11(2)9(12)7-5-3-4-6-8(7)13-10/h3-6H,1-2H3. The van der Waals surface area contributed by atoms with Crippen molar-refractivity contribution >= 4 is 34.5 Å². The first-order valence-corrected chi connectivity index (χ1v) is 6.87. The molecule has 0 atom stereocenters. The average molecular weight is 263 g/mol. The Morgan fingerprint density at radius 2 is 2.00 bits per heavy atom. The van der Waals surface area contributed by atoms with E-state index in [1.165, 1.54) is 0 Å². The second-order valence-corrected chi connectivity index (χ2v) is 4.82. The second-order valence-electron chi connectivity index (χ2n) is 2.77. The van der Waals surface area contributed by atoms with E-state index in [1.54, 1.807) is 19.0 Å². The monoisotopic (exact) mass is 263 g/mol. The first kappa shape index (κ1) is 10.6. The number of amides is 1. The fourth-order valence-corrected chi connectivity index (χ4v) is 2.42. The number of carbonyl (C=O) groups excluding carboxylic acids is 1.